The van der Waals surface area contributed by atoms with Crippen LogP contribution in [0.15, 0.2) is 12.3 Å². The maximum atomic E-state index is 5.91. The monoisotopic (exact) mass is 246 g/mol. The number of nitrogens with two attached hydrogens (primary N) is 1. The van der Waals surface area contributed by atoms with Gasteiger partial charge in [0.05, 0.1) is 17.3 Å². The Morgan fingerprint density at radius 1 is 1.50 bits per heavy atom. The lowest BCUT2D eigenvalue weighted by Crippen LogP contribution is -2.50. The smallest absolute Gasteiger partial charge is 0.161 e. The molecule has 3 heterocycles. The molecule has 6 nitrogen and oxygen atoms in total. The molecule has 18 heavy (non-hydrogen) atoms. The van der Waals surface area contributed by atoms with E-state index in [9.17, 15) is 0 Å². The van der Waals surface area contributed by atoms with E-state index in [4.69, 9.17) is 5.73 Å². The maximum Gasteiger partial charge on any atom is 0.161 e. The first kappa shape index (κ1) is 11.3. The van der Waals surface area contributed by atoms with Crippen molar-refractivity contribution < 1.29 is 0 Å². The van der Waals surface area contributed by atoms with Crippen molar-refractivity contribution in [3.05, 3.63) is 12.3 Å². The van der Waals surface area contributed by atoms with E-state index in [-0.39, 0.29) is 0 Å². The standard InChI is InChI=1S/C12H18N6/c1-8-6-14-3-4-18(8)10-5-11(13)16-12-9(10)7-15-17(12)2/h5,7-8,14H,3-4,6H2,1-2H3,(H2,13,16)/t8-/m0/s1. The van der Waals surface area contributed by atoms with Gasteiger partial charge in [0.1, 0.15) is 5.82 Å². The van der Waals surface area contributed by atoms with E-state index < -0.39 is 0 Å². The number of pyridine rings is 1. The van der Waals surface area contributed by atoms with Crippen LogP contribution in [-0.2, 0) is 7.05 Å². The van der Waals surface area contributed by atoms with Crippen LogP contribution in [0.5, 0.6) is 0 Å². The van der Waals surface area contributed by atoms with E-state index in [0.717, 1.165) is 36.4 Å². The first-order valence-corrected chi connectivity index (χ1v) is 6.22. The number of fused-ring (bicyclic) bond motifs is 1. The molecule has 1 fully saturated rings. The fraction of sp³-hybridized carbons (Fsp3) is 0.500. The first-order valence-electron chi connectivity index (χ1n) is 6.22. The van der Waals surface area contributed by atoms with E-state index in [1.807, 2.05) is 19.3 Å². The molecule has 1 aliphatic heterocycles. The lowest BCUT2D eigenvalue weighted by Gasteiger charge is -2.36. The zero-order valence-corrected chi connectivity index (χ0v) is 10.7. The van der Waals surface area contributed by atoms with Crippen LogP contribution in [0.4, 0.5) is 11.5 Å². The Bertz CT molecular complexity index is 575. The zero-order valence-electron chi connectivity index (χ0n) is 10.7. The molecule has 3 N–H and O–H groups in total. The Kier molecular flexibility index (Phi) is 2.59. The molecular formula is C12H18N6. The van der Waals surface area contributed by atoms with Crippen LogP contribution >= 0.6 is 0 Å². The molecule has 0 aliphatic carbocycles. The predicted octanol–water partition coefficient (Wildman–Crippen LogP) is 0.349. The van der Waals surface area contributed by atoms with Crippen molar-refractivity contribution in [3.8, 4) is 0 Å². The lowest BCUT2D eigenvalue weighted by atomic mass is 10.1. The lowest BCUT2D eigenvalue weighted by molar-refractivity contribution is 0.502. The number of aryl methyl sites for hydroxylation is 1. The number of nitrogens with zero attached hydrogens (tertiary/aromatic N) is 4. The van der Waals surface area contributed by atoms with Crippen molar-refractivity contribution in [2.24, 2.45) is 7.05 Å². The van der Waals surface area contributed by atoms with Gasteiger partial charge in [0.25, 0.3) is 0 Å². The zero-order chi connectivity index (χ0) is 12.7. The summed E-state index contributed by atoms with van der Waals surface area (Å²) in [6, 6.07) is 2.40. The summed E-state index contributed by atoms with van der Waals surface area (Å²) in [6.07, 6.45) is 1.87. The third-order valence-corrected chi connectivity index (χ3v) is 3.51. The molecule has 1 aliphatic rings. The van der Waals surface area contributed by atoms with Gasteiger partial charge in [0.2, 0.25) is 0 Å². The second kappa shape index (κ2) is 4.13. The average Bonchev–Trinajstić information content (AvgIpc) is 2.71. The predicted molar refractivity (Wildman–Crippen MR) is 72.6 cm³/mol. The second-order valence-corrected chi connectivity index (χ2v) is 4.82. The van der Waals surface area contributed by atoms with Gasteiger partial charge in [0, 0.05) is 38.8 Å². The number of hydrogen-bond acceptors (Lipinski definition) is 5. The number of piperazine rings is 1. The molecule has 3 rings (SSSR count). The minimum atomic E-state index is 0.448. The van der Waals surface area contributed by atoms with Crippen molar-refractivity contribution in [1.82, 2.24) is 20.1 Å². The highest BCUT2D eigenvalue weighted by atomic mass is 15.3. The first-order chi connectivity index (χ1) is 8.66. The summed E-state index contributed by atoms with van der Waals surface area (Å²) in [5.74, 6) is 0.548. The van der Waals surface area contributed by atoms with Crippen molar-refractivity contribution in [2.75, 3.05) is 30.3 Å². The van der Waals surface area contributed by atoms with Gasteiger partial charge in [0.15, 0.2) is 5.65 Å². The highest BCUT2D eigenvalue weighted by Gasteiger charge is 2.21. The molecule has 2 aromatic heterocycles. The van der Waals surface area contributed by atoms with Gasteiger partial charge in [-0.15, -0.1) is 0 Å². The van der Waals surface area contributed by atoms with Crippen LogP contribution < -0.4 is 16.0 Å². The van der Waals surface area contributed by atoms with Gasteiger partial charge in [-0.1, -0.05) is 0 Å². The molecule has 0 radical (unpaired) electrons. The number of aromatic nitrogens is 3. The summed E-state index contributed by atoms with van der Waals surface area (Å²) in [7, 11) is 1.89. The highest BCUT2D eigenvalue weighted by molar-refractivity contribution is 5.91. The van der Waals surface area contributed by atoms with Crippen molar-refractivity contribution in [2.45, 2.75) is 13.0 Å². The number of rotatable bonds is 1. The number of nitrogen functional groups attached to an aromatic ring is 1. The van der Waals surface area contributed by atoms with Crippen LogP contribution in [0.25, 0.3) is 11.0 Å². The van der Waals surface area contributed by atoms with Crippen LogP contribution in [0.3, 0.4) is 0 Å². The number of hydrogen-bond donors (Lipinski definition) is 2. The molecular weight excluding hydrogens is 228 g/mol. The molecule has 96 valence electrons. The summed E-state index contributed by atoms with van der Waals surface area (Å²) in [5.41, 5.74) is 7.89. The molecule has 1 saturated heterocycles. The largest absolute Gasteiger partial charge is 0.384 e. The minimum absolute atomic E-state index is 0.448. The summed E-state index contributed by atoms with van der Waals surface area (Å²) in [4.78, 5) is 6.73. The Hall–Kier alpha value is -1.82. The molecule has 6 heteroatoms. The summed E-state index contributed by atoms with van der Waals surface area (Å²) in [6.45, 7) is 5.18. The van der Waals surface area contributed by atoms with Crippen molar-refractivity contribution in [3.63, 3.8) is 0 Å². The van der Waals surface area contributed by atoms with E-state index in [0.29, 0.717) is 11.9 Å². The van der Waals surface area contributed by atoms with Gasteiger partial charge in [-0.25, -0.2) is 4.98 Å². The van der Waals surface area contributed by atoms with Crippen molar-refractivity contribution in [1.29, 1.82) is 0 Å². The molecule has 0 unspecified atom stereocenters. The third kappa shape index (κ3) is 1.69. The second-order valence-electron chi connectivity index (χ2n) is 4.82. The summed E-state index contributed by atoms with van der Waals surface area (Å²) in [5, 5.41) is 8.74. The Morgan fingerprint density at radius 3 is 3.11 bits per heavy atom. The fourth-order valence-corrected chi connectivity index (χ4v) is 2.55. The molecule has 2 aromatic rings. The molecule has 0 spiro atoms. The Balaban J connectivity index is 2.15. The number of nitrogens with one attached hydrogen (secondary N) is 1. The van der Waals surface area contributed by atoms with Gasteiger partial charge in [-0.2, -0.15) is 5.10 Å². The van der Waals surface area contributed by atoms with E-state index in [1.54, 1.807) is 4.68 Å². The average molecular weight is 246 g/mol. The third-order valence-electron chi connectivity index (χ3n) is 3.51. The summed E-state index contributed by atoms with van der Waals surface area (Å²) >= 11 is 0. The van der Waals surface area contributed by atoms with Gasteiger partial charge in [-0.05, 0) is 6.92 Å². The topological polar surface area (TPSA) is 72.0 Å². The van der Waals surface area contributed by atoms with Gasteiger partial charge < -0.3 is 16.0 Å². The molecule has 1 atom stereocenters. The Morgan fingerprint density at radius 2 is 2.33 bits per heavy atom. The molecule has 0 amide bonds. The molecule has 0 aromatic carbocycles. The summed E-state index contributed by atoms with van der Waals surface area (Å²) < 4.78 is 1.77. The molecule has 0 saturated carbocycles. The van der Waals surface area contributed by atoms with Crippen LogP contribution in [0, 0.1) is 0 Å². The normalized spacial score (nSPS) is 20.6. The minimum Gasteiger partial charge on any atom is -0.384 e. The maximum absolute atomic E-state index is 5.91. The van der Waals surface area contributed by atoms with E-state index in [2.05, 4.69) is 27.2 Å². The number of anilines is 2. The molecule has 0 bridgehead atoms. The van der Waals surface area contributed by atoms with Gasteiger partial charge in [-0.3, -0.25) is 4.68 Å². The van der Waals surface area contributed by atoms with Gasteiger partial charge >= 0.3 is 0 Å². The SMILES string of the molecule is C[C@H]1CNCCN1c1cc(N)nc2c1cnn2C. The quantitative estimate of drug-likeness (QED) is 0.759. The van der Waals surface area contributed by atoms with Crippen molar-refractivity contribution >= 4 is 22.5 Å². The van der Waals surface area contributed by atoms with Crippen LogP contribution in [0.1, 0.15) is 6.92 Å². The highest BCUT2D eigenvalue weighted by Crippen LogP contribution is 2.29. The fourth-order valence-electron chi connectivity index (χ4n) is 2.55. The Labute approximate surface area is 106 Å². The van der Waals surface area contributed by atoms with Crippen LogP contribution in [0.2, 0.25) is 0 Å². The van der Waals surface area contributed by atoms with E-state index in [1.165, 1.54) is 0 Å². The van der Waals surface area contributed by atoms with Crippen LogP contribution in [-0.4, -0.2) is 40.4 Å². The van der Waals surface area contributed by atoms with E-state index >= 15 is 0 Å².